The van der Waals surface area contributed by atoms with Gasteiger partial charge in [-0.1, -0.05) is 12.5 Å². The molecular formula is C12H14ClFO. The van der Waals surface area contributed by atoms with Gasteiger partial charge in [0.15, 0.2) is 11.6 Å². The molecule has 0 amide bonds. The fraction of sp³-hybridized carbons (Fsp3) is 0.500. The van der Waals surface area contributed by atoms with Gasteiger partial charge in [-0.05, 0) is 36.5 Å². The van der Waals surface area contributed by atoms with Crippen LogP contribution in [-0.4, -0.2) is 7.11 Å². The Hall–Kier alpha value is -0.760. The summed E-state index contributed by atoms with van der Waals surface area (Å²) in [6.45, 7) is 0. The molecule has 0 N–H and O–H groups in total. The molecule has 0 aliphatic heterocycles. The highest BCUT2D eigenvalue weighted by Crippen LogP contribution is 2.42. The van der Waals surface area contributed by atoms with Crippen molar-refractivity contribution >= 4 is 11.6 Å². The van der Waals surface area contributed by atoms with Crippen LogP contribution in [0.2, 0.25) is 0 Å². The molecule has 0 aromatic heterocycles. The van der Waals surface area contributed by atoms with Crippen molar-refractivity contribution in [1.29, 1.82) is 0 Å². The van der Waals surface area contributed by atoms with E-state index in [0.717, 1.165) is 18.4 Å². The molecule has 0 saturated heterocycles. The molecule has 82 valence electrons. The van der Waals surface area contributed by atoms with Crippen molar-refractivity contribution in [2.75, 3.05) is 7.11 Å². The smallest absolute Gasteiger partial charge is 0.165 e. The van der Waals surface area contributed by atoms with E-state index in [9.17, 15) is 4.39 Å². The Balaban J connectivity index is 2.17. The summed E-state index contributed by atoms with van der Waals surface area (Å²) in [6, 6.07) is 4.96. The summed E-state index contributed by atoms with van der Waals surface area (Å²) in [7, 11) is 1.46. The number of rotatable bonds is 3. The van der Waals surface area contributed by atoms with Gasteiger partial charge in [0.1, 0.15) is 0 Å². The molecule has 1 fully saturated rings. The summed E-state index contributed by atoms with van der Waals surface area (Å²) in [4.78, 5) is 0. The molecule has 1 saturated carbocycles. The Morgan fingerprint density at radius 2 is 2.20 bits per heavy atom. The highest BCUT2D eigenvalue weighted by Gasteiger charge is 2.27. The first-order chi connectivity index (χ1) is 7.22. The van der Waals surface area contributed by atoms with Crippen molar-refractivity contribution in [3.63, 3.8) is 0 Å². The molecular weight excluding hydrogens is 215 g/mol. The molecule has 0 heterocycles. The number of ether oxygens (including phenoxy) is 1. The number of halogens is 2. The second kappa shape index (κ2) is 4.40. The van der Waals surface area contributed by atoms with Gasteiger partial charge in [0.2, 0.25) is 0 Å². The van der Waals surface area contributed by atoms with Crippen LogP contribution in [-0.2, 0) is 0 Å². The predicted molar refractivity (Wildman–Crippen MR) is 58.9 cm³/mol. The first-order valence-electron chi connectivity index (χ1n) is 5.20. The van der Waals surface area contributed by atoms with Crippen LogP contribution < -0.4 is 4.74 Å². The summed E-state index contributed by atoms with van der Waals surface area (Å²) in [5.74, 6) is 0.454. The standard InChI is InChI=1S/C12H14ClFO/c1-15-11-6-5-9(7-10(11)14)12(13)8-3-2-4-8/h5-8,12H,2-4H2,1H3. The van der Waals surface area contributed by atoms with Crippen LogP contribution >= 0.6 is 11.6 Å². The Morgan fingerprint density at radius 1 is 1.47 bits per heavy atom. The second-order valence-electron chi connectivity index (χ2n) is 3.99. The lowest BCUT2D eigenvalue weighted by molar-refractivity contribution is 0.305. The maximum absolute atomic E-state index is 13.4. The minimum absolute atomic E-state index is 0.0563. The van der Waals surface area contributed by atoms with Crippen LogP contribution in [0, 0.1) is 11.7 Å². The van der Waals surface area contributed by atoms with Crippen LogP contribution in [0.3, 0.4) is 0 Å². The van der Waals surface area contributed by atoms with E-state index in [2.05, 4.69) is 0 Å². The zero-order chi connectivity index (χ0) is 10.8. The third kappa shape index (κ3) is 2.10. The minimum atomic E-state index is -0.333. The highest BCUT2D eigenvalue weighted by atomic mass is 35.5. The monoisotopic (exact) mass is 228 g/mol. The zero-order valence-corrected chi connectivity index (χ0v) is 9.43. The average Bonchev–Trinajstić information content (AvgIpc) is 2.15. The van der Waals surface area contributed by atoms with Crippen LogP contribution in [0.4, 0.5) is 4.39 Å². The van der Waals surface area contributed by atoms with Crippen LogP contribution in [0.15, 0.2) is 18.2 Å². The molecule has 3 heteroatoms. The first-order valence-corrected chi connectivity index (χ1v) is 5.63. The summed E-state index contributed by atoms with van der Waals surface area (Å²) in [5, 5.41) is -0.0563. The van der Waals surface area contributed by atoms with E-state index in [1.807, 2.05) is 6.07 Å². The van der Waals surface area contributed by atoms with Crippen molar-refractivity contribution < 1.29 is 9.13 Å². The lowest BCUT2D eigenvalue weighted by Crippen LogP contribution is -2.16. The third-order valence-electron chi connectivity index (χ3n) is 3.06. The third-order valence-corrected chi connectivity index (χ3v) is 3.67. The van der Waals surface area contributed by atoms with Crippen molar-refractivity contribution in [3.8, 4) is 5.75 Å². The normalized spacial score (nSPS) is 18.3. The van der Waals surface area contributed by atoms with E-state index < -0.39 is 0 Å². The Morgan fingerprint density at radius 3 is 2.67 bits per heavy atom. The van der Waals surface area contributed by atoms with E-state index in [1.54, 1.807) is 6.07 Å². The van der Waals surface area contributed by atoms with Crippen LogP contribution in [0.5, 0.6) is 5.75 Å². The summed E-state index contributed by atoms with van der Waals surface area (Å²) < 4.78 is 18.3. The minimum Gasteiger partial charge on any atom is -0.494 e. The molecule has 15 heavy (non-hydrogen) atoms. The van der Waals surface area contributed by atoms with E-state index in [4.69, 9.17) is 16.3 Å². The van der Waals surface area contributed by atoms with E-state index in [0.29, 0.717) is 5.92 Å². The van der Waals surface area contributed by atoms with Gasteiger partial charge in [-0.25, -0.2) is 4.39 Å². The molecule has 2 rings (SSSR count). The van der Waals surface area contributed by atoms with Gasteiger partial charge in [0.05, 0.1) is 12.5 Å². The predicted octanol–water partition coefficient (Wildman–Crippen LogP) is 3.91. The van der Waals surface area contributed by atoms with Gasteiger partial charge in [-0.3, -0.25) is 0 Å². The van der Waals surface area contributed by atoms with Gasteiger partial charge >= 0.3 is 0 Å². The second-order valence-corrected chi connectivity index (χ2v) is 4.46. The van der Waals surface area contributed by atoms with E-state index in [-0.39, 0.29) is 16.9 Å². The number of hydrogen-bond acceptors (Lipinski definition) is 1. The summed E-state index contributed by atoms with van der Waals surface area (Å²) in [6.07, 6.45) is 3.55. The van der Waals surface area contributed by atoms with Gasteiger partial charge < -0.3 is 4.74 Å². The van der Waals surface area contributed by atoms with Crippen LogP contribution in [0.1, 0.15) is 30.2 Å². The average molecular weight is 229 g/mol. The van der Waals surface area contributed by atoms with Crippen molar-refractivity contribution in [1.82, 2.24) is 0 Å². The Labute approximate surface area is 94.2 Å². The molecule has 0 spiro atoms. The fourth-order valence-corrected chi connectivity index (χ4v) is 2.25. The summed E-state index contributed by atoms with van der Waals surface area (Å²) in [5.41, 5.74) is 0.861. The lowest BCUT2D eigenvalue weighted by atomic mass is 9.80. The van der Waals surface area contributed by atoms with E-state index in [1.165, 1.54) is 19.6 Å². The quantitative estimate of drug-likeness (QED) is 0.713. The molecule has 1 aromatic carbocycles. The van der Waals surface area contributed by atoms with Gasteiger partial charge in [0, 0.05) is 0 Å². The topological polar surface area (TPSA) is 9.23 Å². The van der Waals surface area contributed by atoms with E-state index >= 15 is 0 Å². The fourth-order valence-electron chi connectivity index (χ4n) is 1.86. The Kier molecular flexibility index (Phi) is 3.15. The van der Waals surface area contributed by atoms with Crippen molar-refractivity contribution in [2.45, 2.75) is 24.6 Å². The highest BCUT2D eigenvalue weighted by molar-refractivity contribution is 6.21. The number of alkyl halides is 1. The molecule has 1 nitrogen and oxygen atoms in total. The largest absolute Gasteiger partial charge is 0.494 e. The molecule has 1 unspecified atom stereocenters. The maximum Gasteiger partial charge on any atom is 0.165 e. The molecule has 0 bridgehead atoms. The zero-order valence-electron chi connectivity index (χ0n) is 8.67. The maximum atomic E-state index is 13.4. The van der Waals surface area contributed by atoms with Crippen molar-refractivity contribution in [2.24, 2.45) is 5.92 Å². The lowest BCUT2D eigenvalue weighted by Gasteiger charge is -2.30. The number of hydrogen-bond donors (Lipinski definition) is 0. The van der Waals surface area contributed by atoms with Gasteiger partial charge in [-0.2, -0.15) is 0 Å². The first kappa shape index (κ1) is 10.7. The van der Waals surface area contributed by atoms with Crippen LogP contribution in [0.25, 0.3) is 0 Å². The molecule has 1 atom stereocenters. The Bertz CT molecular complexity index is 349. The number of methoxy groups -OCH3 is 1. The SMILES string of the molecule is COc1ccc(C(Cl)C2CCC2)cc1F. The molecule has 1 aliphatic carbocycles. The van der Waals surface area contributed by atoms with Gasteiger partial charge in [-0.15, -0.1) is 11.6 Å². The van der Waals surface area contributed by atoms with Gasteiger partial charge in [0.25, 0.3) is 0 Å². The molecule has 1 aliphatic rings. The number of benzene rings is 1. The van der Waals surface area contributed by atoms with Crippen molar-refractivity contribution in [3.05, 3.63) is 29.6 Å². The summed E-state index contributed by atoms with van der Waals surface area (Å²) >= 11 is 6.27. The molecule has 0 radical (unpaired) electrons. The molecule has 1 aromatic rings.